The smallest absolute Gasteiger partial charge is 0.197 e. The minimum absolute atomic E-state index is 0.312. The van der Waals surface area contributed by atoms with Gasteiger partial charge in [0.25, 0.3) is 0 Å². The van der Waals surface area contributed by atoms with E-state index in [1.165, 1.54) is 11.1 Å². The highest BCUT2D eigenvalue weighted by molar-refractivity contribution is 7.73. The van der Waals surface area contributed by atoms with E-state index >= 15 is 0 Å². The lowest BCUT2D eigenvalue weighted by molar-refractivity contribution is 0.0911. The van der Waals surface area contributed by atoms with E-state index in [4.69, 9.17) is 21.8 Å². The van der Waals surface area contributed by atoms with Gasteiger partial charge in [-0.25, -0.2) is 0 Å². The Labute approximate surface area is 188 Å². The van der Waals surface area contributed by atoms with Gasteiger partial charge in [-0.15, -0.1) is 11.3 Å². The molecule has 1 atom stereocenters. The van der Waals surface area contributed by atoms with Crippen molar-refractivity contribution in [3.63, 3.8) is 0 Å². The van der Waals surface area contributed by atoms with E-state index in [9.17, 15) is 0 Å². The van der Waals surface area contributed by atoms with Crippen LogP contribution in [-0.4, -0.2) is 18.4 Å². The molecule has 0 aliphatic heterocycles. The molecular weight excluding hydrogens is 410 g/mol. The number of nitrogens with zero attached hydrogens (tertiary/aromatic N) is 1. The second-order valence-corrected chi connectivity index (χ2v) is 9.21. The van der Waals surface area contributed by atoms with Gasteiger partial charge in [-0.2, -0.15) is 4.73 Å². The molecule has 0 saturated heterocycles. The summed E-state index contributed by atoms with van der Waals surface area (Å²) >= 11 is 7.20. The Bertz CT molecular complexity index is 1030. The van der Waals surface area contributed by atoms with Crippen LogP contribution in [0, 0.1) is 10.9 Å². The summed E-state index contributed by atoms with van der Waals surface area (Å²) in [7, 11) is 1.68. The highest BCUT2D eigenvalue weighted by Crippen LogP contribution is 2.31. The average molecular weight is 440 g/mol. The number of hydrogen-bond donors (Lipinski definition) is 0. The van der Waals surface area contributed by atoms with Crippen LogP contribution >= 0.6 is 23.6 Å². The van der Waals surface area contributed by atoms with Crippen molar-refractivity contribution < 1.29 is 9.57 Å². The summed E-state index contributed by atoms with van der Waals surface area (Å²) in [5, 5.41) is 0. The summed E-state index contributed by atoms with van der Waals surface area (Å²) in [6.07, 6.45) is 4.37. The molecule has 30 heavy (non-hydrogen) atoms. The summed E-state index contributed by atoms with van der Waals surface area (Å²) in [4.78, 5) is 7.39. The number of methoxy groups -OCH3 is 1. The Morgan fingerprint density at radius 3 is 2.43 bits per heavy atom. The van der Waals surface area contributed by atoms with Gasteiger partial charge in [-0.05, 0) is 81.2 Å². The fourth-order valence-electron chi connectivity index (χ4n) is 3.40. The van der Waals surface area contributed by atoms with Gasteiger partial charge in [0.15, 0.2) is 3.95 Å². The summed E-state index contributed by atoms with van der Waals surface area (Å²) in [5.74, 6) is 1.16. The average Bonchev–Trinajstić information content (AvgIpc) is 3.04. The fourth-order valence-corrected chi connectivity index (χ4v) is 4.77. The molecule has 5 heteroatoms. The molecule has 0 saturated carbocycles. The van der Waals surface area contributed by atoms with Crippen LogP contribution in [0.1, 0.15) is 43.9 Å². The third-order valence-electron chi connectivity index (χ3n) is 5.08. The van der Waals surface area contributed by atoms with Crippen LogP contribution in [-0.2, 0) is 0 Å². The molecule has 3 rings (SSSR count). The first-order valence-corrected chi connectivity index (χ1v) is 11.4. The van der Waals surface area contributed by atoms with Crippen LogP contribution in [0.15, 0.2) is 66.2 Å². The van der Waals surface area contributed by atoms with Gasteiger partial charge in [0, 0.05) is 5.92 Å². The molecule has 1 unspecified atom stereocenters. The number of rotatable bonds is 9. The predicted molar refractivity (Wildman–Crippen MR) is 129 cm³/mol. The number of hydrogen-bond acceptors (Lipinski definition) is 4. The van der Waals surface area contributed by atoms with Gasteiger partial charge in [0.05, 0.1) is 17.7 Å². The third-order valence-corrected chi connectivity index (χ3v) is 6.58. The van der Waals surface area contributed by atoms with E-state index < -0.39 is 0 Å². The van der Waals surface area contributed by atoms with Crippen LogP contribution in [0.25, 0.3) is 10.4 Å². The first kappa shape index (κ1) is 22.3. The number of thiazole rings is 1. The van der Waals surface area contributed by atoms with Crippen molar-refractivity contribution in [3.05, 3.63) is 81.5 Å². The molecule has 0 radical (unpaired) electrons. The van der Waals surface area contributed by atoms with Gasteiger partial charge in [-0.3, -0.25) is 0 Å². The summed E-state index contributed by atoms with van der Waals surface area (Å²) < 4.78 is 7.81. The van der Waals surface area contributed by atoms with Gasteiger partial charge in [0.2, 0.25) is 0 Å². The van der Waals surface area contributed by atoms with Gasteiger partial charge < -0.3 is 9.57 Å². The summed E-state index contributed by atoms with van der Waals surface area (Å²) in [6.45, 7) is 6.94. The van der Waals surface area contributed by atoms with E-state index in [1.54, 1.807) is 18.4 Å². The molecule has 1 heterocycles. The Kier molecular flexibility index (Phi) is 7.88. The first-order chi connectivity index (χ1) is 14.5. The van der Waals surface area contributed by atoms with Crippen molar-refractivity contribution in [2.24, 2.45) is 0 Å². The number of benzene rings is 2. The number of ether oxygens (including phenoxy) is 1. The van der Waals surface area contributed by atoms with Crippen molar-refractivity contribution in [2.45, 2.75) is 39.5 Å². The molecule has 0 aliphatic carbocycles. The highest BCUT2D eigenvalue weighted by Gasteiger charge is 2.16. The highest BCUT2D eigenvalue weighted by atomic mass is 32.1. The largest absolute Gasteiger partial charge is 0.497 e. The lowest BCUT2D eigenvalue weighted by Gasteiger charge is -2.18. The molecule has 0 aliphatic rings. The lowest BCUT2D eigenvalue weighted by Crippen LogP contribution is -2.20. The molecule has 158 valence electrons. The van der Waals surface area contributed by atoms with Crippen molar-refractivity contribution in [1.82, 2.24) is 4.73 Å². The monoisotopic (exact) mass is 439 g/mol. The summed E-state index contributed by atoms with van der Waals surface area (Å²) in [5.41, 5.74) is 4.80. The molecule has 0 amide bonds. The van der Waals surface area contributed by atoms with Gasteiger partial charge in [-0.1, -0.05) is 42.0 Å². The normalized spacial score (nSPS) is 11.7. The molecule has 0 fully saturated rings. The van der Waals surface area contributed by atoms with Crippen LogP contribution in [0.2, 0.25) is 0 Å². The van der Waals surface area contributed by atoms with E-state index in [-0.39, 0.29) is 0 Å². The van der Waals surface area contributed by atoms with E-state index in [2.05, 4.69) is 69.3 Å². The van der Waals surface area contributed by atoms with Crippen LogP contribution in [0.4, 0.5) is 0 Å². The van der Waals surface area contributed by atoms with E-state index in [0.717, 1.165) is 38.7 Å². The Balaban J connectivity index is 1.79. The molecule has 3 nitrogen and oxygen atoms in total. The zero-order chi connectivity index (χ0) is 21.5. The van der Waals surface area contributed by atoms with Crippen molar-refractivity contribution in [1.29, 1.82) is 0 Å². The number of aromatic nitrogens is 1. The maximum Gasteiger partial charge on any atom is 0.197 e. The maximum absolute atomic E-state index is 6.27. The molecule has 0 N–H and O–H groups in total. The zero-order valence-corrected chi connectivity index (χ0v) is 19.7. The van der Waals surface area contributed by atoms with Crippen LogP contribution in [0.5, 0.6) is 5.75 Å². The van der Waals surface area contributed by atoms with E-state index in [0.29, 0.717) is 12.5 Å². The van der Waals surface area contributed by atoms with Crippen LogP contribution in [0.3, 0.4) is 0 Å². The molecule has 3 aromatic rings. The SMILES string of the molecule is COc1ccc(-c2sc(=S)n(OCC(CCC=C(C)C)c3ccccc3)c2C)cc1. The van der Waals surface area contributed by atoms with Crippen molar-refractivity contribution in [2.75, 3.05) is 13.7 Å². The second kappa shape index (κ2) is 10.6. The third kappa shape index (κ3) is 5.61. The topological polar surface area (TPSA) is 23.4 Å². The fraction of sp³-hybridized carbons (Fsp3) is 0.320. The van der Waals surface area contributed by atoms with Gasteiger partial charge >= 0.3 is 0 Å². The lowest BCUT2D eigenvalue weighted by atomic mass is 9.95. The first-order valence-electron chi connectivity index (χ1n) is 10.2. The Morgan fingerprint density at radius 2 is 1.80 bits per heavy atom. The maximum atomic E-state index is 6.27. The van der Waals surface area contributed by atoms with Crippen molar-refractivity contribution in [3.8, 4) is 16.2 Å². The minimum Gasteiger partial charge on any atom is -0.497 e. The number of allylic oxidation sites excluding steroid dienone is 2. The molecule has 0 spiro atoms. The Morgan fingerprint density at radius 1 is 1.10 bits per heavy atom. The van der Waals surface area contributed by atoms with E-state index in [1.807, 2.05) is 16.9 Å². The van der Waals surface area contributed by atoms with Crippen molar-refractivity contribution >= 4 is 23.6 Å². The quantitative estimate of drug-likeness (QED) is 0.260. The Hall–Kier alpha value is -2.37. The molecule has 0 bridgehead atoms. The van der Waals surface area contributed by atoms with Gasteiger partial charge in [0.1, 0.15) is 12.4 Å². The predicted octanol–water partition coefficient (Wildman–Crippen LogP) is 7.22. The second-order valence-electron chi connectivity index (χ2n) is 7.57. The molecular formula is C25H29NO2S2. The zero-order valence-electron chi connectivity index (χ0n) is 18.1. The summed E-state index contributed by atoms with van der Waals surface area (Å²) in [6, 6.07) is 18.6. The minimum atomic E-state index is 0.312. The van der Waals surface area contributed by atoms with Crippen LogP contribution < -0.4 is 9.57 Å². The molecule has 2 aromatic carbocycles. The standard InChI is InChI=1S/C25H29NO2S2/c1-18(2)9-8-12-22(20-10-6-5-7-11-20)17-28-26-19(3)24(30-25(26)29)21-13-15-23(27-4)16-14-21/h5-7,9-11,13-16,22H,8,12,17H2,1-4H3. The molecule has 1 aromatic heterocycles.